The molecule has 0 saturated carbocycles. The number of likely N-dealkylation sites (tertiary alicyclic amines) is 1. The summed E-state index contributed by atoms with van der Waals surface area (Å²) in [6.07, 6.45) is -0.0994. The van der Waals surface area contributed by atoms with Crippen LogP contribution in [0.4, 0.5) is 10.1 Å². The highest BCUT2D eigenvalue weighted by Gasteiger charge is 2.28. The standard InChI is InChI=1S/C17H21B3FN3.3C2H6/c1-11-8-12-14(22-15-6-7-23(2)9-13(15)21)4-3-5-16(12)24(11)10-17(18,19)20;3*1-2/h3-5,8,13,15,22H,6-7,9-10H2,1-2H3;3*1-2H3. The molecule has 0 amide bonds. The summed E-state index contributed by atoms with van der Waals surface area (Å²) in [6.45, 7) is 15.7. The zero-order valence-electron chi connectivity index (χ0n) is 20.3. The molecule has 1 aromatic carbocycles. The van der Waals surface area contributed by atoms with E-state index in [1.54, 1.807) is 0 Å². The van der Waals surface area contributed by atoms with Gasteiger partial charge in [0.1, 0.15) is 6.17 Å². The van der Waals surface area contributed by atoms with Crippen LogP contribution in [0.25, 0.3) is 10.9 Å². The molecule has 30 heavy (non-hydrogen) atoms. The summed E-state index contributed by atoms with van der Waals surface area (Å²) in [5, 5.41) is 3.14. The Morgan fingerprint density at radius 3 is 2.23 bits per heavy atom. The number of fused-ring (bicyclic) bond motifs is 1. The van der Waals surface area contributed by atoms with Crippen LogP contribution in [0.5, 0.6) is 0 Å². The number of nitrogens with zero attached hydrogens (tertiary/aromatic N) is 2. The number of rotatable bonds is 4. The van der Waals surface area contributed by atoms with Gasteiger partial charge in [-0.05, 0) is 38.6 Å². The summed E-state index contributed by atoms with van der Waals surface area (Å²) in [4.78, 5) is 2.02. The molecule has 6 radical (unpaired) electrons. The Morgan fingerprint density at radius 1 is 1.10 bits per heavy atom. The van der Waals surface area contributed by atoms with Crippen molar-refractivity contribution in [1.82, 2.24) is 9.47 Å². The second kappa shape index (κ2) is 13.8. The third kappa shape index (κ3) is 8.05. The molecule has 2 unspecified atom stereocenters. The molecule has 0 spiro atoms. The molecule has 162 valence electrons. The van der Waals surface area contributed by atoms with Crippen molar-refractivity contribution < 1.29 is 4.39 Å². The highest BCUT2D eigenvalue weighted by atomic mass is 19.1. The van der Waals surface area contributed by atoms with Crippen LogP contribution in [0.2, 0.25) is 5.11 Å². The van der Waals surface area contributed by atoms with Gasteiger partial charge in [-0.3, -0.25) is 0 Å². The number of aryl methyl sites for hydroxylation is 1. The predicted octanol–water partition coefficient (Wildman–Crippen LogP) is 5.06. The van der Waals surface area contributed by atoms with Gasteiger partial charge in [0.2, 0.25) is 0 Å². The second-order valence-electron chi connectivity index (χ2n) is 7.04. The van der Waals surface area contributed by atoms with E-state index >= 15 is 0 Å². The Labute approximate surface area is 188 Å². The highest BCUT2D eigenvalue weighted by Crippen LogP contribution is 2.31. The summed E-state index contributed by atoms with van der Waals surface area (Å²) in [5.74, 6) is 0. The van der Waals surface area contributed by atoms with Gasteiger partial charge in [0.25, 0.3) is 0 Å². The quantitative estimate of drug-likeness (QED) is 0.713. The summed E-state index contributed by atoms with van der Waals surface area (Å²) in [5.41, 5.74) is 2.94. The number of anilines is 1. The first-order valence-electron chi connectivity index (χ1n) is 11.3. The summed E-state index contributed by atoms with van der Waals surface area (Å²) in [7, 11) is 19.3. The normalized spacial score (nSPS) is 18.8. The van der Waals surface area contributed by atoms with Gasteiger partial charge in [0, 0.05) is 36.4 Å². The Balaban J connectivity index is 0.00000129. The number of alkyl halides is 1. The van der Waals surface area contributed by atoms with Crippen molar-refractivity contribution in [2.75, 3.05) is 25.5 Å². The summed E-state index contributed by atoms with van der Waals surface area (Å²) < 4.78 is 16.3. The van der Waals surface area contributed by atoms with Crippen LogP contribution < -0.4 is 5.32 Å². The van der Waals surface area contributed by atoms with Crippen LogP contribution in [0, 0.1) is 6.92 Å². The van der Waals surface area contributed by atoms with Gasteiger partial charge >= 0.3 is 0 Å². The topological polar surface area (TPSA) is 20.2 Å². The Hall–Kier alpha value is -1.36. The summed E-state index contributed by atoms with van der Waals surface area (Å²) in [6, 6.07) is 7.83. The molecular weight excluding hydrogens is 370 g/mol. The van der Waals surface area contributed by atoms with Gasteiger partial charge in [-0.25, -0.2) is 4.39 Å². The number of benzene rings is 1. The van der Waals surface area contributed by atoms with Gasteiger partial charge < -0.3 is 14.8 Å². The van der Waals surface area contributed by atoms with Crippen molar-refractivity contribution in [3.05, 3.63) is 30.0 Å². The smallest absolute Gasteiger partial charge is 0.133 e. The van der Waals surface area contributed by atoms with Crippen molar-refractivity contribution in [3.8, 4) is 0 Å². The summed E-state index contributed by atoms with van der Waals surface area (Å²) >= 11 is 0. The lowest BCUT2D eigenvalue weighted by Crippen LogP contribution is -2.46. The molecule has 2 atom stereocenters. The zero-order valence-corrected chi connectivity index (χ0v) is 20.3. The van der Waals surface area contributed by atoms with Crippen LogP contribution in [-0.2, 0) is 6.54 Å². The minimum absolute atomic E-state index is 0.173. The minimum atomic E-state index is -1.28. The van der Waals surface area contributed by atoms with Gasteiger partial charge in [-0.1, -0.05) is 47.6 Å². The van der Waals surface area contributed by atoms with E-state index in [0.29, 0.717) is 13.1 Å². The van der Waals surface area contributed by atoms with Gasteiger partial charge in [-0.2, -0.15) is 0 Å². The van der Waals surface area contributed by atoms with E-state index in [2.05, 4.69) is 11.4 Å². The lowest BCUT2D eigenvalue weighted by Gasteiger charge is -2.33. The minimum Gasteiger partial charge on any atom is -0.379 e. The molecule has 1 N–H and O–H groups in total. The Morgan fingerprint density at radius 2 is 1.70 bits per heavy atom. The number of nitrogens with one attached hydrogen (secondary N) is 1. The van der Waals surface area contributed by atoms with Crippen molar-refractivity contribution in [3.63, 3.8) is 0 Å². The number of hydrogen-bond acceptors (Lipinski definition) is 2. The van der Waals surface area contributed by atoms with Crippen LogP contribution in [0.3, 0.4) is 0 Å². The highest BCUT2D eigenvalue weighted by molar-refractivity contribution is 6.58. The maximum atomic E-state index is 14.3. The van der Waals surface area contributed by atoms with Crippen molar-refractivity contribution in [2.45, 2.75) is 78.8 Å². The SMILES string of the molecule is CC.CC.CC.[B]C([B])([B])Cn1c(C)cc2c(NC3CCN(C)CC3F)cccc21. The Bertz CT molecular complexity index is 728. The van der Waals surface area contributed by atoms with Crippen LogP contribution in [-0.4, -0.2) is 65.4 Å². The van der Waals surface area contributed by atoms with E-state index in [1.807, 2.05) is 83.2 Å². The molecule has 1 aliphatic heterocycles. The molecule has 0 aliphatic carbocycles. The third-order valence-corrected chi connectivity index (χ3v) is 4.67. The van der Waals surface area contributed by atoms with Crippen molar-refractivity contribution in [2.24, 2.45) is 0 Å². The number of piperidine rings is 1. The van der Waals surface area contributed by atoms with Gasteiger partial charge in [0.05, 0.1) is 35.1 Å². The molecular formula is C23H39B3FN3. The second-order valence-corrected chi connectivity index (χ2v) is 7.04. The average Bonchev–Trinajstić information content (AvgIpc) is 3.04. The average molecular weight is 409 g/mol. The molecule has 1 fully saturated rings. The lowest BCUT2D eigenvalue weighted by molar-refractivity contribution is 0.149. The lowest BCUT2D eigenvalue weighted by atomic mass is 9.42. The van der Waals surface area contributed by atoms with E-state index in [4.69, 9.17) is 23.5 Å². The maximum Gasteiger partial charge on any atom is 0.133 e. The molecule has 0 bridgehead atoms. The Kier molecular flexibility index (Phi) is 13.2. The van der Waals surface area contributed by atoms with E-state index in [0.717, 1.165) is 35.2 Å². The van der Waals surface area contributed by atoms with E-state index in [-0.39, 0.29) is 6.04 Å². The van der Waals surface area contributed by atoms with Gasteiger partial charge in [-0.15, -0.1) is 5.11 Å². The fourth-order valence-corrected chi connectivity index (χ4v) is 3.45. The van der Waals surface area contributed by atoms with E-state index < -0.39 is 11.3 Å². The maximum absolute atomic E-state index is 14.3. The first-order valence-corrected chi connectivity index (χ1v) is 11.3. The monoisotopic (exact) mass is 409 g/mol. The first kappa shape index (κ1) is 28.6. The zero-order chi connectivity index (χ0) is 23.5. The van der Waals surface area contributed by atoms with Crippen molar-refractivity contribution >= 4 is 40.1 Å². The molecule has 2 aromatic rings. The molecule has 2 heterocycles. The van der Waals surface area contributed by atoms with Gasteiger partial charge in [0.15, 0.2) is 0 Å². The molecule has 1 saturated heterocycles. The predicted molar refractivity (Wildman–Crippen MR) is 135 cm³/mol. The molecule has 1 aliphatic rings. The molecule has 3 rings (SSSR count). The fraction of sp³-hybridized carbons (Fsp3) is 0.652. The van der Waals surface area contributed by atoms with E-state index in [1.165, 1.54) is 0 Å². The molecule has 7 heteroatoms. The number of hydrogen-bond donors (Lipinski definition) is 1. The molecule has 3 nitrogen and oxygen atoms in total. The largest absolute Gasteiger partial charge is 0.379 e. The third-order valence-electron chi connectivity index (χ3n) is 4.67. The van der Waals surface area contributed by atoms with Crippen LogP contribution >= 0.6 is 0 Å². The van der Waals surface area contributed by atoms with Crippen LogP contribution in [0.1, 0.15) is 53.7 Å². The van der Waals surface area contributed by atoms with E-state index in [9.17, 15) is 4.39 Å². The van der Waals surface area contributed by atoms with Crippen LogP contribution in [0.15, 0.2) is 24.3 Å². The number of halogens is 1. The fourth-order valence-electron chi connectivity index (χ4n) is 3.45. The molecule has 1 aromatic heterocycles. The first-order chi connectivity index (χ1) is 14.2. The van der Waals surface area contributed by atoms with Crippen molar-refractivity contribution in [1.29, 1.82) is 0 Å². The number of aromatic nitrogens is 1.